The van der Waals surface area contributed by atoms with E-state index in [2.05, 4.69) is 22.0 Å². The molecule has 4 nitrogen and oxygen atoms in total. The fourth-order valence-electron chi connectivity index (χ4n) is 2.13. The highest BCUT2D eigenvalue weighted by Crippen LogP contribution is 2.19. The average molecular weight is 267 g/mol. The summed E-state index contributed by atoms with van der Waals surface area (Å²) in [6.45, 7) is 1.55. The van der Waals surface area contributed by atoms with E-state index in [1.165, 1.54) is 0 Å². The number of aromatic nitrogens is 1. The SMILES string of the molecule is COc1ccccc1CN(C)Cc1ccnc(C#N)c1. The Morgan fingerprint density at radius 1 is 1.25 bits per heavy atom. The van der Waals surface area contributed by atoms with Gasteiger partial charge in [0.25, 0.3) is 0 Å². The van der Waals surface area contributed by atoms with E-state index in [1.807, 2.05) is 37.4 Å². The minimum absolute atomic E-state index is 0.452. The minimum atomic E-state index is 0.452. The third kappa shape index (κ3) is 3.56. The fraction of sp³-hybridized carbons (Fsp3) is 0.250. The molecule has 0 unspecified atom stereocenters. The highest BCUT2D eigenvalue weighted by atomic mass is 16.5. The van der Waals surface area contributed by atoms with Gasteiger partial charge in [-0.25, -0.2) is 4.98 Å². The van der Waals surface area contributed by atoms with Gasteiger partial charge in [-0.15, -0.1) is 0 Å². The standard InChI is InChI=1S/C16H17N3O/c1-19(11-13-7-8-18-15(9-13)10-17)12-14-5-3-4-6-16(14)20-2/h3-9H,11-12H2,1-2H3. The van der Waals surface area contributed by atoms with Gasteiger partial charge in [0.15, 0.2) is 0 Å². The Bertz CT molecular complexity index is 619. The monoisotopic (exact) mass is 267 g/mol. The summed E-state index contributed by atoms with van der Waals surface area (Å²) < 4.78 is 5.35. The molecule has 0 saturated heterocycles. The molecule has 2 aromatic rings. The van der Waals surface area contributed by atoms with Crippen LogP contribution in [0, 0.1) is 11.3 Å². The molecule has 102 valence electrons. The number of para-hydroxylation sites is 1. The normalized spacial score (nSPS) is 10.3. The number of rotatable bonds is 5. The number of hydrogen-bond donors (Lipinski definition) is 0. The van der Waals surface area contributed by atoms with Crippen molar-refractivity contribution in [2.75, 3.05) is 14.2 Å². The predicted molar refractivity (Wildman–Crippen MR) is 77.1 cm³/mol. The van der Waals surface area contributed by atoms with Crippen LogP contribution in [0.25, 0.3) is 0 Å². The number of pyridine rings is 1. The van der Waals surface area contributed by atoms with Crippen LogP contribution in [0.5, 0.6) is 5.75 Å². The van der Waals surface area contributed by atoms with Crippen LogP contribution >= 0.6 is 0 Å². The molecule has 0 saturated carbocycles. The van der Waals surface area contributed by atoms with Gasteiger partial charge in [0.05, 0.1) is 7.11 Å². The van der Waals surface area contributed by atoms with Gasteiger partial charge in [0.1, 0.15) is 17.5 Å². The van der Waals surface area contributed by atoms with Gasteiger partial charge in [0.2, 0.25) is 0 Å². The molecule has 0 aliphatic carbocycles. The van der Waals surface area contributed by atoms with Crippen LogP contribution in [0.4, 0.5) is 0 Å². The molecule has 0 aliphatic rings. The first-order chi connectivity index (χ1) is 9.72. The molecule has 20 heavy (non-hydrogen) atoms. The molecular formula is C16H17N3O. The van der Waals surface area contributed by atoms with Gasteiger partial charge in [-0.2, -0.15) is 5.26 Å². The van der Waals surface area contributed by atoms with E-state index in [0.717, 1.165) is 30.0 Å². The Morgan fingerprint density at radius 3 is 2.80 bits per heavy atom. The summed E-state index contributed by atoms with van der Waals surface area (Å²) in [6.07, 6.45) is 1.67. The van der Waals surface area contributed by atoms with Crippen LogP contribution in [0.1, 0.15) is 16.8 Å². The lowest BCUT2D eigenvalue weighted by Crippen LogP contribution is -2.17. The summed E-state index contributed by atoms with van der Waals surface area (Å²) in [6, 6.07) is 13.8. The van der Waals surface area contributed by atoms with Crippen LogP contribution in [-0.4, -0.2) is 24.0 Å². The van der Waals surface area contributed by atoms with Crippen molar-refractivity contribution in [2.24, 2.45) is 0 Å². The van der Waals surface area contributed by atoms with Gasteiger partial charge in [0, 0.05) is 24.8 Å². The van der Waals surface area contributed by atoms with E-state index in [9.17, 15) is 0 Å². The van der Waals surface area contributed by atoms with E-state index >= 15 is 0 Å². The molecule has 1 aromatic heterocycles. The average Bonchev–Trinajstić information content (AvgIpc) is 2.48. The second kappa shape index (κ2) is 6.69. The van der Waals surface area contributed by atoms with Crippen molar-refractivity contribution in [2.45, 2.75) is 13.1 Å². The maximum atomic E-state index is 8.86. The van der Waals surface area contributed by atoms with Crippen molar-refractivity contribution in [1.82, 2.24) is 9.88 Å². The summed E-state index contributed by atoms with van der Waals surface area (Å²) >= 11 is 0. The van der Waals surface area contributed by atoms with Crippen molar-refractivity contribution in [1.29, 1.82) is 5.26 Å². The molecule has 0 radical (unpaired) electrons. The van der Waals surface area contributed by atoms with Crippen LogP contribution < -0.4 is 4.74 Å². The second-order valence-corrected chi connectivity index (χ2v) is 4.65. The van der Waals surface area contributed by atoms with Crippen LogP contribution in [-0.2, 0) is 13.1 Å². The molecule has 1 aromatic carbocycles. The van der Waals surface area contributed by atoms with Crippen molar-refractivity contribution in [3.8, 4) is 11.8 Å². The zero-order valence-corrected chi connectivity index (χ0v) is 11.7. The topological polar surface area (TPSA) is 49.1 Å². The lowest BCUT2D eigenvalue weighted by atomic mass is 10.1. The maximum Gasteiger partial charge on any atom is 0.140 e. The molecular weight excluding hydrogens is 250 g/mol. The van der Waals surface area contributed by atoms with Gasteiger partial charge in [-0.3, -0.25) is 4.90 Å². The Labute approximate surface area is 119 Å². The molecule has 0 amide bonds. The quantitative estimate of drug-likeness (QED) is 0.835. The van der Waals surface area contributed by atoms with Crippen LogP contribution in [0.3, 0.4) is 0 Å². The Hall–Kier alpha value is -2.38. The van der Waals surface area contributed by atoms with Gasteiger partial charge in [-0.1, -0.05) is 18.2 Å². The number of nitrogens with zero attached hydrogens (tertiary/aromatic N) is 3. The summed E-state index contributed by atoms with van der Waals surface area (Å²) in [4.78, 5) is 6.15. The fourth-order valence-corrected chi connectivity index (χ4v) is 2.13. The molecule has 2 rings (SSSR count). The molecule has 0 atom stereocenters. The van der Waals surface area contributed by atoms with Crippen molar-refractivity contribution < 1.29 is 4.74 Å². The first-order valence-corrected chi connectivity index (χ1v) is 6.38. The van der Waals surface area contributed by atoms with Gasteiger partial charge < -0.3 is 4.74 Å². The molecule has 0 fully saturated rings. The Kier molecular flexibility index (Phi) is 4.70. The second-order valence-electron chi connectivity index (χ2n) is 4.65. The largest absolute Gasteiger partial charge is 0.496 e. The third-order valence-corrected chi connectivity index (χ3v) is 3.02. The summed E-state index contributed by atoms with van der Waals surface area (Å²) in [7, 11) is 3.72. The first-order valence-electron chi connectivity index (χ1n) is 6.38. The Balaban J connectivity index is 2.05. The van der Waals surface area contributed by atoms with Gasteiger partial charge in [-0.05, 0) is 30.8 Å². The number of hydrogen-bond acceptors (Lipinski definition) is 4. The molecule has 0 bridgehead atoms. The number of methoxy groups -OCH3 is 1. The predicted octanol–water partition coefficient (Wildman–Crippen LogP) is 2.59. The van der Waals surface area contributed by atoms with Gasteiger partial charge >= 0.3 is 0 Å². The summed E-state index contributed by atoms with van der Waals surface area (Å²) in [5, 5.41) is 8.86. The highest BCUT2D eigenvalue weighted by Gasteiger charge is 2.07. The molecule has 0 N–H and O–H groups in total. The summed E-state index contributed by atoms with van der Waals surface area (Å²) in [5.74, 6) is 0.895. The summed E-state index contributed by atoms with van der Waals surface area (Å²) in [5.41, 5.74) is 2.68. The van der Waals surface area contributed by atoms with E-state index in [1.54, 1.807) is 13.3 Å². The molecule has 1 heterocycles. The lowest BCUT2D eigenvalue weighted by molar-refractivity contribution is 0.310. The first kappa shape index (κ1) is 14.0. The third-order valence-electron chi connectivity index (χ3n) is 3.02. The Morgan fingerprint density at radius 2 is 2.05 bits per heavy atom. The van der Waals surface area contributed by atoms with Crippen molar-refractivity contribution in [3.63, 3.8) is 0 Å². The minimum Gasteiger partial charge on any atom is -0.496 e. The maximum absolute atomic E-state index is 8.86. The number of nitriles is 1. The zero-order valence-electron chi connectivity index (χ0n) is 11.7. The van der Waals surface area contributed by atoms with Crippen LogP contribution in [0.15, 0.2) is 42.6 Å². The van der Waals surface area contributed by atoms with E-state index in [4.69, 9.17) is 10.00 Å². The van der Waals surface area contributed by atoms with E-state index < -0.39 is 0 Å². The van der Waals surface area contributed by atoms with Crippen molar-refractivity contribution >= 4 is 0 Å². The van der Waals surface area contributed by atoms with Crippen molar-refractivity contribution in [3.05, 3.63) is 59.4 Å². The molecule has 0 spiro atoms. The highest BCUT2D eigenvalue weighted by molar-refractivity contribution is 5.33. The number of ether oxygens (including phenoxy) is 1. The van der Waals surface area contributed by atoms with E-state index in [-0.39, 0.29) is 0 Å². The molecule has 4 heteroatoms. The smallest absolute Gasteiger partial charge is 0.140 e. The zero-order chi connectivity index (χ0) is 14.4. The lowest BCUT2D eigenvalue weighted by Gasteiger charge is -2.18. The van der Waals surface area contributed by atoms with E-state index in [0.29, 0.717) is 5.69 Å². The molecule has 0 aliphatic heterocycles. The van der Waals surface area contributed by atoms with Crippen LogP contribution in [0.2, 0.25) is 0 Å². The number of benzene rings is 1.